The lowest BCUT2D eigenvalue weighted by atomic mass is 10.2. The second-order valence-electron chi connectivity index (χ2n) is 6.94. The SMILES string of the molecule is COC(=O)c1cc(Cl)c(CN)nc1N1CCN(C(=O)OC(C)(C)C)CC1. The number of aromatic nitrogens is 1. The third kappa shape index (κ3) is 4.76. The normalized spacial score (nSPS) is 15.0. The number of esters is 1. The number of carbonyl (C=O) groups is 2. The molecule has 1 fully saturated rings. The van der Waals surface area contributed by atoms with Crippen LogP contribution in [0.4, 0.5) is 10.6 Å². The fourth-order valence-corrected chi connectivity index (χ4v) is 2.82. The number of nitrogens with zero attached hydrogens (tertiary/aromatic N) is 3. The fourth-order valence-electron chi connectivity index (χ4n) is 2.59. The highest BCUT2D eigenvalue weighted by atomic mass is 35.5. The summed E-state index contributed by atoms with van der Waals surface area (Å²) in [6, 6.07) is 1.53. The van der Waals surface area contributed by atoms with Crippen molar-refractivity contribution in [3.63, 3.8) is 0 Å². The Balaban J connectivity index is 2.18. The molecule has 26 heavy (non-hydrogen) atoms. The maximum absolute atomic E-state index is 12.2. The van der Waals surface area contributed by atoms with Crippen LogP contribution in [0, 0.1) is 0 Å². The number of nitrogens with two attached hydrogens (primary N) is 1. The van der Waals surface area contributed by atoms with Gasteiger partial charge in [0.15, 0.2) is 0 Å². The molecule has 0 unspecified atom stereocenters. The number of methoxy groups -OCH3 is 1. The van der Waals surface area contributed by atoms with Crippen molar-refractivity contribution in [1.29, 1.82) is 0 Å². The third-order valence-corrected chi connectivity index (χ3v) is 4.19. The van der Waals surface area contributed by atoms with Gasteiger partial charge in [-0.3, -0.25) is 0 Å². The van der Waals surface area contributed by atoms with E-state index in [9.17, 15) is 9.59 Å². The minimum absolute atomic E-state index is 0.158. The van der Waals surface area contributed by atoms with Gasteiger partial charge in [0.1, 0.15) is 17.0 Å². The van der Waals surface area contributed by atoms with Crippen LogP contribution in [0.25, 0.3) is 0 Å². The molecule has 0 spiro atoms. The Kier molecular flexibility index (Phi) is 6.30. The van der Waals surface area contributed by atoms with Crippen molar-refractivity contribution in [2.24, 2.45) is 5.73 Å². The predicted molar refractivity (Wildman–Crippen MR) is 98.5 cm³/mol. The monoisotopic (exact) mass is 384 g/mol. The van der Waals surface area contributed by atoms with Crippen LogP contribution in [-0.4, -0.2) is 60.8 Å². The molecule has 1 aliphatic rings. The first kappa shape index (κ1) is 20.3. The molecule has 144 valence electrons. The van der Waals surface area contributed by atoms with Gasteiger partial charge in [-0.25, -0.2) is 14.6 Å². The fraction of sp³-hybridized carbons (Fsp3) is 0.588. The quantitative estimate of drug-likeness (QED) is 0.796. The van der Waals surface area contributed by atoms with Crippen LogP contribution >= 0.6 is 11.6 Å². The van der Waals surface area contributed by atoms with Gasteiger partial charge in [-0.05, 0) is 26.8 Å². The number of amides is 1. The average molecular weight is 385 g/mol. The molecule has 1 saturated heterocycles. The standard InChI is InChI=1S/C17H25ClN4O4/c1-17(2,3)26-16(24)22-7-5-21(6-8-22)14-11(15(23)25-4)9-12(18)13(10-19)20-14/h9H,5-8,10,19H2,1-4H3. The van der Waals surface area contributed by atoms with E-state index in [1.54, 1.807) is 4.90 Å². The van der Waals surface area contributed by atoms with Crippen LogP contribution in [0.15, 0.2) is 6.07 Å². The highest BCUT2D eigenvalue weighted by Crippen LogP contribution is 2.26. The van der Waals surface area contributed by atoms with Gasteiger partial charge in [0, 0.05) is 32.7 Å². The molecule has 0 saturated carbocycles. The Labute approximate surface area is 158 Å². The minimum atomic E-state index is -0.542. The number of pyridine rings is 1. The first-order valence-electron chi connectivity index (χ1n) is 8.37. The Morgan fingerprint density at radius 3 is 2.38 bits per heavy atom. The number of hydrogen-bond donors (Lipinski definition) is 1. The van der Waals surface area contributed by atoms with E-state index in [2.05, 4.69) is 4.98 Å². The number of piperazine rings is 1. The second kappa shape index (κ2) is 8.09. The van der Waals surface area contributed by atoms with Gasteiger partial charge in [0.25, 0.3) is 0 Å². The van der Waals surface area contributed by atoms with E-state index in [0.29, 0.717) is 42.7 Å². The Hall–Kier alpha value is -2.06. The first-order chi connectivity index (χ1) is 12.2. The maximum Gasteiger partial charge on any atom is 0.410 e. The maximum atomic E-state index is 12.2. The van der Waals surface area contributed by atoms with Gasteiger partial charge in [0.05, 0.1) is 17.8 Å². The van der Waals surface area contributed by atoms with Gasteiger partial charge in [0.2, 0.25) is 0 Å². The van der Waals surface area contributed by atoms with E-state index in [1.807, 2.05) is 25.7 Å². The molecule has 2 rings (SSSR count). The molecular formula is C17H25ClN4O4. The lowest BCUT2D eigenvalue weighted by Gasteiger charge is -2.36. The van der Waals surface area contributed by atoms with E-state index in [1.165, 1.54) is 13.2 Å². The molecule has 0 aromatic carbocycles. The molecule has 0 bridgehead atoms. The largest absolute Gasteiger partial charge is 0.465 e. The Morgan fingerprint density at radius 2 is 1.88 bits per heavy atom. The van der Waals surface area contributed by atoms with Crippen molar-refractivity contribution >= 4 is 29.5 Å². The van der Waals surface area contributed by atoms with Gasteiger partial charge in [-0.2, -0.15) is 0 Å². The van der Waals surface area contributed by atoms with Crippen molar-refractivity contribution in [2.75, 3.05) is 38.2 Å². The summed E-state index contributed by atoms with van der Waals surface area (Å²) in [6.07, 6.45) is -0.350. The second-order valence-corrected chi connectivity index (χ2v) is 7.35. The van der Waals surface area contributed by atoms with Crippen molar-refractivity contribution in [1.82, 2.24) is 9.88 Å². The minimum Gasteiger partial charge on any atom is -0.465 e. The summed E-state index contributed by atoms with van der Waals surface area (Å²) < 4.78 is 10.2. The molecule has 1 amide bonds. The summed E-state index contributed by atoms with van der Waals surface area (Å²) in [4.78, 5) is 32.3. The third-order valence-electron chi connectivity index (χ3n) is 3.86. The zero-order valence-corrected chi connectivity index (χ0v) is 16.3. The van der Waals surface area contributed by atoms with E-state index in [4.69, 9.17) is 26.8 Å². The highest BCUT2D eigenvalue weighted by molar-refractivity contribution is 6.31. The number of rotatable bonds is 3. The topological polar surface area (TPSA) is 98.0 Å². The van der Waals surface area contributed by atoms with Crippen LogP contribution in [0.2, 0.25) is 5.02 Å². The summed E-state index contributed by atoms with van der Waals surface area (Å²) in [7, 11) is 1.30. The molecule has 0 radical (unpaired) electrons. The van der Waals surface area contributed by atoms with E-state index < -0.39 is 11.6 Å². The number of carbonyl (C=O) groups excluding carboxylic acids is 2. The van der Waals surface area contributed by atoms with Crippen LogP contribution in [0.1, 0.15) is 36.8 Å². The van der Waals surface area contributed by atoms with Crippen molar-refractivity contribution in [3.8, 4) is 0 Å². The van der Waals surface area contributed by atoms with E-state index in [-0.39, 0.29) is 18.2 Å². The van der Waals surface area contributed by atoms with Crippen LogP contribution in [-0.2, 0) is 16.0 Å². The zero-order valence-electron chi connectivity index (χ0n) is 15.5. The molecule has 8 nitrogen and oxygen atoms in total. The first-order valence-corrected chi connectivity index (χ1v) is 8.74. The molecular weight excluding hydrogens is 360 g/mol. The summed E-state index contributed by atoms with van der Waals surface area (Å²) in [6.45, 7) is 7.56. The molecule has 2 N–H and O–H groups in total. The molecule has 1 aliphatic heterocycles. The molecule has 1 aromatic rings. The summed E-state index contributed by atoms with van der Waals surface area (Å²) in [5.41, 5.74) is 5.92. The van der Waals surface area contributed by atoms with E-state index >= 15 is 0 Å². The molecule has 0 aliphatic carbocycles. The summed E-state index contributed by atoms with van der Waals surface area (Å²) >= 11 is 6.13. The van der Waals surface area contributed by atoms with E-state index in [0.717, 1.165) is 0 Å². The average Bonchev–Trinajstić information content (AvgIpc) is 2.59. The number of hydrogen-bond acceptors (Lipinski definition) is 7. The van der Waals surface area contributed by atoms with Crippen LogP contribution < -0.4 is 10.6 Å². The van der Waals surface area contributed by atoms with Gasteiger partial charge < -0.3 is 25.0 Å². The lowest BCUT2D eigenvalue weighted by molar-refractivity contribution is 0.0239. The van der Waals surface area contributed by atoms with Crippen molar-refractivity contribution in [3.05, 3.63) is 22.3 Å². The number of halogens is 1. The summed E-state index contributed by atoms with van der Waals surface area (Å²) in [5.74, 6) is -0.0573. The van der Waals surface area contributed by atoms with Crippen molar-refractivity contribution in [2.45, 2.75) is 32.9 Å². The van der Waals surface area contributed by atoms with Crippen molar-refractivity contribution < 1.29 is 19.1 Å². The molecule has 1 aromatic heterocycles. The molecule has 9 heteroatoms. The van der Waals surface area contributed by atoms with Gasteiger partial charge in [-0.1, -0.05) is 11.6 Å². The zero-order chi connectivity index (χ0) is 19.5. The van der Waals surface area contributed by atoms with Gasteiger partial charge in [-0.15, -0.1) is 0 Å². The Morgan fingerprint density at radius 1 is 1.27 bits per heavy atom. The number of anilines is 1. The molecule has 0 atom stereocenters. The molecule has 2 heterocycles. The summed E-state index contributed by atoms with van der Waals surface area (Å²) in [5, 5.41) is 0.323. The lowest BCUT2D eigenvalue weighted by Crippen LogP contribution is -2.50. The smallest absolute Gasteiger partial charge is 0.410 e. The predicted octanol–water partition coefficient (Wildman–Crippen LogP) is 2.04. The highest BCUT2D eigenvalue weighted by Gasteiger charge is 2.29. The number of ether oxygens (including phenoxy) is 2. The Bertz CT molecular complexity index is 682. The van der Waals surface area contributed by atoms with Crippen LogP contribution in [0.5, 0.6) is 0 Å². The van der Waals surface area contributed by atoms with Gasteiger partial charge >= 0.3 is 12.1 Å². The van der Waals surface area contributed by atoms with Crippen LogP contribution in [0.3, 0.4) is 0 Å².